The highest BCUT2D eigenvalue weighted by Gasteiger charge is 2.13. The van der Waals surface area contributed by atoms with Crippen molar-refractivity contribution in [1.82, 2.24) is 4.57 Å². The topological polar surface area (TPSA) is 80.2 Å². The Hall–Kier alpha value is -1.80. The summed E-state index contributed by atoms with van der Waals surface area (Å²) in [4.78, 5) is 12.3. The normalized spacial score (nSPS) is 11.3. The van der Waals surface area contributed by atoms with E-state index in [9.17, 15) is 13.2 Å². The van der Waals surface area contributed by atoms with E-state index >= 15 is 0 Å². The van der Waals surface area contributed by atoms with Gasteiger partial charge >= 0.3 is 0 Å². The zero-order valence-corrected chi connectivity index (χ0v) is 15.9. The molecule has 2 N–H and O–H groups in total. The van der Waals surface area contributed by atoms with Crippen molar-refractivity contribution < 1.29 is 13.2 Å². The lowest BCUT2D eigenvalue weighted by Crippen LogP contribution is -2.17. The Morgan fingerprint density at radius 1 is 1.17 bits per heavy atom. The van der Waals surface area contributed by atoms with Crippen molar-refractivity contribution in [3.05, 3.63) is 46.7 Å². The fraction of sp³-hybridized carbons (Fsp3) is 0.312. The Kier molecular flexibility index (Phi) is 6.06. The van der Waals surface area contributed by atoms with Gasteiger partial charge in [-0.1, -0.05) is 6.92 Å². The summed E-state index contributed by atoms with van der Waals surface area (Å²) in [5, 5.41) is 2.80. The van der Waals surface area contributed by atoms with Crippen molar-refractivity contribution in [3.8, 4) is 0 Å². The van der Waals surface area contributed by atoms with Crippen LogP contribution in [0.5, 0.6) is 0 Å². The minimum Gasteiger partial charge on any atom is -0.343 e. The minimum atomic E-state index is -3.32. The van der Waals surface area contributed by atoms with E-state index in [4.69, 9.17) is 0 Å². The first-order chi connectivity index (χ1) is 11.3. The van der Waals surface area contributed by atoms with Gasteiger partial charge in [-0.2, -0.15) is 0 Å². The Balaban J connectivity index is 2.07. The third-order valence-corrected chi connectivity index (χ3v) is 5.25. The standard InChI is InChI=1S/C16H20BrN3O3S/c1-3-9-24(22,23)19-14-7-5-13(6-8-14)18-16(21)15-10-12(17)11-20(15)4-2/h5-8,10-11,19H,3-4,9H2,1-2H3,(H,18,21). The summed E-state index contributed by atoms with van der Waals surface area (Å²) in [7, 11) is -3.32. The molecule has 130 valence electrons. The molecule has 0 saturated heterocycles. The summed E-state index contributed by atoms with van der Waals surface area (Å²) >= 11 is 3.36. The molecule has 1 amide bonds. The molecule has 0 aliphatic carbocycles. The van der Waals surface area contributed by atoms with Crippen molar-refractivity contribution in [1.29, 1.82) is 0 Å². The first-order valence-electron chi connectivity index (χ1n) is 7.62. The Labute approximate surface area is 150 Å². The summed E-state index contributed by atoms with van der Waals surface area (Å²) in [6, 6.07) is 8.33. The van der Waals surface area contributed by atoms with Crippen LogP contribution in [0, 0.1) is 0 Å². The van der Waals surface area contributed by atoms with Crippen molar-refractivity contribution in [3.63, 3.8) is 0 Å². The zero-order valence-electron chi connectivity index (χ0n) is 13.5. The number of carbonyl (C=O) groups is 1. The zero-order chi connectivity index (χ0) is 17.7. The molecule has 0 radical (unpaired) electrons. The summed E-state index contributed by atoms with van der Waals surface area (Å²) in [5.41, 5.74) is 1.62. The largest absolute Gasteiger partial charge is 0.343 e. The van der Waals surface area contributed by atoms with Crippen LogP contribution in [0.2, 0.25) is 0 Å². The first kappa shape index (κ1) is 18.5. The molecule has 0 spiro atoms. The summed E-state index contributed by atoms with van der Waals surface area (Å²) in [6.07, 6.45) is 2.40. The van der Waals surface area contributed by atoms with Gasteiger partial charge in [-0.3, -0.25) is 9.52 Å². The molecule has 24 heavy (non-hydrogen) atoms. The number of rotatable bonds is 7. The molecule has 0 bridgehead atoms. The predicted molar refractivity (Wildman–Crippen MR) is 99.9 cm³/mol. The lowest BCUT2D eigenvalue weighted by molar-refractivity contribution is 0.101. The molecular formula is C16H20BrN3O3S. The van der Waals surface area contributed by atoms with Crippen LogP contribution in [0.25, 0.3) is 0 Å². The average molecular weight is 414 g/mol. The highest BCUT2D eigenvalue weighted by atomic mass is 79.9. The smallest absolute Gasteiger partial charge is 0.272 e. The van der Waals surface area contributed by atoms with Crippen LogP contribution < -0.4 is 10.0 Å². The van der Waals surface area contributed by atoms with Crippen LogP contribution in [0.4, 0.5) is 11.4 Å². The molecule has 1 aromatic carbocycles. The van der Waals surface area contributed by atoms with Gasteiger partial charge in [-0.25, -0.2) is 8.42 Å². The van der Waals surface area contributed by atoms with Gasteiger partial charge in [-0.15, -0.1) is 0 Å². The second-order valence-electron chi connectivity index (χ2n) is 5.28. The highest BCUT2D eigenvalue weighted by molar-refractivity contribution is 9.10. The number of benzene rings is 1. The number of anilines is 2. The monoisotopic (exact) mass is 413 g/mol. The molecule has 1 heterocycles. The predicted octanol–water partition coefficient (Wildman–Crippen LogP) is 3.67. The molecule has 2 rings (SSSR count). The van der Waals surface area contributed by atoms with Gasteiger partial charge < -0.3 is 9.88 Å². The second kappa shape index (κ2) is 7.85. The highest BCUT2D eigenvalue weighted by Crippen LogP contribution is 2.19. The number of hydrogen-bond donors (Lipinski definition) is 2. The maximum Gasteiger partial charge on any atom is 0.272 e. The van der Waals surface area contributed by atoms with Crippen LogP contribution in [0.3, 0.4) is 0 Å². The number of carbonyl (C=O) groups excluding carboxylic acids is 1. The molecule has 2 aromatic rings. The van der Waals surface area contributed by atoms with Gasteiger partial charge in [0.2, 0.25) is 10.0 Å². The first-order valence-corrected chi connectivity index (χ1v) is 10.1. The van der Waals surface area contributed by atoms with E-state index in [1.165, 1.54) is 0 Å². The van der Waals surface area contributed by atoms with E-state index in [0.29, 0.717) is 30.0 Å². The molecule has 6 nitrogen and oxygen atoms in total. The maximum atomic E-state index is 12.3. The molecule has 0 aliphatic rings. The van der Waals surface area contributed by atoms with E-state index in [1.54, 1.807) is 30.3 Å². The number of hydrogen-bond acceptors (Lipinski definition) is 3. The third kappa shape index (κ3) is 4.85. The summed E-state index contributed by atoms with van der Waals surface area (Å²) in [6.45, 7) is 4.45. The molecule has 8 heteroatoms. The Bertz CT molecular complexity index is 814. The fourth-order valence-corrected chi connectivity index (χ4v) is 3.84. The molecule has 0 fully saturated rings. The number of nitrogens with zero attached hydrogens (tertiary/aromatic N) is 1. The summed E-state index contributed by atoms with van der Waals surface area (Å²) < 4.78 is 28.6. The number of amides is 1. The van der Waals surface area contributed by atoms with E-state index in [0.717, 1.165) is 4.47 Å². The fourth-order valence-electron chi connectivity index (χ4n) is 2.24. The average Bonchev–Trinajstić information content (AvgIpc) is 2.90. The van der Waals surface area contributed by atoms with E-state index in [1.807, 2.05) is 24.6 Å². The van der Waals surface area contributed by atoms with E-state index in [2.05, 4.69) is 26.0 Å². The number of sulfonamides is 1. The molecule has 0 aliphatic heterocycles. The maximum absolute atomic E-state index is 12.3. The van der Waals surface area contributed by atoms with Gasteiger partial charge in [0.15, 0.2) is 0 Å². The van der Waals surface area contributed by atoms with Crippen LogP contribution in [0.15, 0.2) is 41.0 Å². The van der Waals surface area contributed by atoms with Gasteiger partial charge in [0.25, 0.3) is 5.91 Å². The van der Waals surface area contributed by atoms with Crippen LogP contribution in [-0.4, -0.2) is 24.6 Å². The van der Waals surface area contributed by atoms with Crippen LogP contribution >= 0.6 is 15.9 Å². The number of aryl methyl sites for hydroxylation is 1. The van der Waals surface area contributed by atoms with E-state index < -0.39 is 10.0 Å². The van der Waals surface area contributed by atoms with E-state index in [-0.39, 0.29) is 11.7 Å². The van der Waals surface area contributed by atoms with Gasteiger partial charge in [-0.05, 0) is 59.6 Å². The number of halogens is 1. The van der Waals surface area contributed by atoms with Crippen molar-refractivity contribution >= 4 is 43.2 Å². The number of aromatic nitrogens is 1. The Morgan fingerprint density at radius 2 is 1.79 bits per heavy atom. The van der Waals surface area contributed by atoms with Gasteiger partial charge in [0.05, 0.1) is 5.75 Å². The van der Waals surface area contributed by atoms with Crippen molar-refractivity contribution in [2.75, 3.05) is 15.8 Å². The Morgan fingerprint density at radius 3 is 2.38 bits per heavy atom. The molecule has 0 unspecified atom stereocenters. The quantitative estimate of drug-likeness (QED) is 0.726. The summed E-state index contributed by atoms with van der Waals surface area (Å²) in [5.74, 6) is -0.143. The molecule has 0 atom stereocenters. The minimum absolute atomic E-state index is 0.0778. The SMILES string of the molecule is CCCS(=O)(=O)Nc1ccc(NC(=O)c2cc(Br)cn2CC)cc1. The number of nitrogens with one attached hydrogen (secondary N) is 2. The van der Waals surface area contributed by atoms with Crippen LogP contribution in [-0.2, 0) is 16.6 Å². The van der Waals surface area contributed by atoms with Gasteiger partial charge in [0, 0.05) is 28.6 Å². The lowest BCUT2D eigenvalue weighted by Gasteiger charge is -2.10. The van der Waals surface area contributed by atoms with Crippen molar-refractivity contribution in [2.45, 2.75) is 26.8 Å². The third-order valence-electron chi connectivity index (χ3n) is 3.33. The van der Waals surface area contributed by atoms with Crippen LogP contribution in [0.1, 0.15) is 30.8 Å². The van der Waals surface area contributed by atoms with Crippen molar-refractivity contribution in [2.24, 2.45) is 0 Å². The molecule has 0 saturated carbocycles. The van der Waals surface area contributed by atoms with Gasteiger partial charge in [0.1, 0.15) is 5.69 Å². The molecule has 1 aromatic heterocycles. The molecular weight excluding hydrogens is 394 g/mol. The second-order valence-corrected chi connectivity index (χ2v) is 8.04. The lowest BCUT2D eigenvalue weighted by atomic mass is 10.3.